The molecule has 1 aliphatic rings. The number of carbonyl (C=O) groups excluding carboxylic acids is 2. The van der Waals surface area contributed by atoms with Gasteiger partial charge in [0, 0.05) is 5.92 Å². The van der Waals surface area contributed by atoms with Crippen LogP contribution in [0.15, 0.2) is 30.9 Å². The van der Waals surface area contributed by atoms with Crippen molar-refractivity contribution in [2.45, 2.75) is 19.4 Å². The Morgan fingerprint density at radius 3 is 2.74 bits per heavy atom. The van der Waals surface area contributed by atoms with Crippen LogP contribution in [0.4, 0.5) is 0 Å². The maximum Gasteiger partial charge on any atom is 0.359 e. The van der Waals surface area contributed by atoms with E-state index >= 15 is 0 Å². The van der Waals surface area contributed by atoms with Gasteiger partial charge < -0.3 is 9.47 Å². The van der Waals surface area contributed by atoms with Gasteiger partial charge in [-0.2, -0.15) is 0 Å². The lowest BCUT2D eigenvalue weighted by atomic mass is 9.83. The zero-order valence-electron chi connectivity index (χ0n) is 11.2. The van der Waals surface area contributed by atoms with Crippen molar-refractivity contribution in [1.29, 1.82) is 0 Å². The number of benzene rings is 1. The normalized spacial score (nSPS) is 22.4. The molecule has 0 aliphatic carbocycles. The first-order valence-electron chi connectivity index (χ1n) is 6.03. The predicted molar refractivity (Wildman–Crippen MR) is 70.2 cm³/mol. The summed E-state index contributed by atoms with van der Waals surface area (Å²) in [5.41, 5.74) is -0.419. The molecule has 2 atom stereocenters. The number of ether oxygens (including phenoxy) is 2. The van der Waals surface area contributed by atoms with Gasteiger partial charge in [0.2, 0.25) is 5.78 Å². The average molecular weight is 260 g/mol. The monoisotopic (exact) mass is 260 g/mol. The molecule has 0 radical (unpaired) electrons. The van der Waals surface area contributed by atoms with Crippen LogP contribution in [-0.2, 0) is 9.53 Å². The number of hydrogen-bond acceptors (Lipinski definition) is 4. The number of rotatable bonds is 3. The van der Waals surface area contributed by atoms with Crippen LogP contribution in [0.1, 0.15) is 22.8 Å². The first kappa shape index (κ1) is 13.3. The second kappa shape index (κ2) is 4.53. The zero-order chi connectivity index (χ0) is 14.2. The van der Waals surface area contributed by atoms with Crippen LogP contribution in [0, 0.1) is 12.8 Å². The van der Waals surface area contributed by atoms with Gasteiger partial charge in [0.15, 0.2) is 0 Å². The van der Waals surface area contributed by atoms with E-state index in [1.165, 1.54) is 13.2 Å². The van der Waals surface area contributed by atoms with Crippen LogP contribution >= 0.6 is 0 Å². The number of methoxy groups -OCH3 is 1. The van der Waals surface area contributed by atoms with Crippen molar-refractivity contribution in [2.75, 3.05) is 7.11 Å². The van der Waals surface area contributed by atoms with Gasteiger partial charge in [-0.25, -0.2) is 4.79 Å². The number of carbonyl (C=O) groups is 2. The van der Waals surface area contributed by atoms with Gasteiger partial charge in [-0.3, -0.25) is 4.79 Å². The Labute approximate surface area is 112 Å². The zero-order valence-corrected chi connectivity index (χ0v) is 11.2. The fourth-order valence-corrected chi connectivity index (χ4v) is 2.31. The topological polar surface area (TPSA) is 52.6 Å². The van der Waals surface area contributed by atoms with Crippen LogP contribution in [0.2, 0.25) is 0 Å². The lowest BCUT2D eigenvalue weighted by molar-refractivity contribution is -0.156. The fraction of sp³-hybridized carbons (Fsp3) is 0.333. The number of fused-ring (bicyclic) bond motifs is 1. The number of Topliss-reactive ketones (excluding diaryl/α,β-unsaturated/α-hetero) is 1. The Balaban J connectivity index is 2.62. The maximum atomic E-state index is 12.6. The molecular formula is C15H16O4. The molecule has 0 saturated carbocycles. The van der Waals surface area contributed by atoms with E-state index in [4.69, 9.17) is 9.47 Å². The molecule has 0 aromatic heterocycles. The third-order valence-corrected chi connectivity index (χ3v) is 3.54. The summed E-state index contributed by atoms with van der Waals surface area (Å²) >= 11 is 0. The summed E-state index contributed by atoms with van der Waals surface area (Å²) in [4.78, 5) is 24.7. The molecule has 19 heavy (non-hydrogen) atoms. The average Bonchev–Trinajstić information content (AvgIpc) is 2.73. The minimum absolute atomic E-state index is 0.370. The molecule has 0 bridgehead atoms. The van der Waals surface area contributed by atoms with Gasteiger partial charge in [-0.1, -0.05) is 25.1 Å². The highest BCUT2D eigenvalue weighted by Crippen LogP contribution is 2.42. The summed E-state index contributed by atoms with van der Waals surface area (Å²) in [6, 6.07) is 5.25. The molecule has 4 heteroatoms. The molecule has 2 rings (SSSR count). The summed E-state index contributed by atoms with van der Waals surface area (Å²) in [6.45, 7) is 7.19. The van der Waals surface area contributed by atoms with E-state index in [0.29, 0.717) is 11.3 Å². The molecule has 0 amide bonds. The summed E-state index contributed by atoms with van der Waals surface area (Å²) < 4.78 is 10.5. The van der Waals surface area contributed by atoms with Crippen molar-refractivity contribution in [3.8, 4) is 5.75 Å². The molecule has 100 valence electrons. The Bertz CT molecular complexity index is 561. The molecule has 1 unspecified atom stereocenters. The number of para-hydroxylation sites is 1. The highest BCUT2D eigenvalue weighted by Gasteiger charge is 2.58. The molecule has 0 spiro atoms. The number of esters is 1. The van der Waals surface area contributed by atoms with Crippen LogP contribution in [0.3, 0.4) is 0 Å². The van der Waals surface area contributed by atoms with E-state index in [9.17, 15) is 9.59 Å². The molecule has 1 heterocycles. The maximum absolute atomic E-state index is 12.6. The third kappa shape index (κ3) is 1.67. The van der Waals surface area contributed by atoms with Crippen molar-refractivity contribution in [3.63, 3.8) is 0 Å². The van der Waals surface area contributed by atoms with Crippen molar-refractivity contribution < 1.29 is 19.1 Å². The van der Waals surface area contributed by atoms with Gasteiger partial charge in [0.05, 0.1) is 12.7 Å². The second-order valence-electron chi connectivity index (χ2n) is 4.63. The van der Waals surface area contributed by atoms with Crippen LogP contribution in [0.25, 0.3) is 0 Å². The van der Waals surface area contributed by atoms with Gasteiger partial charge >= 0.3 is 5.97 Å². The second-order valence-corrected chi connectivity index (χ2v) is 4.63. The summed E-state index contributed by atoms with van der Waals surface area (Å²) in [6.07, 6.45) is 1.52. The van der Waals surface area contributed by atoms with Crippen LogP contribution < -0.4 is 4.74 Å². The van der Waals surface area contributed by atoms with E-state index in [2.05, 4.69) is 6.58 Å². The standard InChI is InChI=1S/C15H16O4/c1-5-10(3)15(14(17)18-4)13(16)11-8-6-7-9(2)12(11)19-15/h5-8,10H,1H2,2-4H3/t10?,15-/m1/s1. The van der Waals surface area contributed by atoms with E-state index in [0.717, 1.165) is 5.56 Å². The summed E-state index contributed by atoms with van der Waals surface area (Å²) in [5.74, 6) is -1.10. The molecule has 0 fully saturated rings. The Morgan fingerprint density at radius 1 is 1.53 bits per heavy atom. The summed E-state index contributed by atoms with van der Waals surface area (Å²) in [5, 5.41) is 0. The van der Waals surface area contributed by atoms with Gasteiger partial charge in [-0.15, -0.1) is 6.58 Å². The molecule has 0 N–H and O–H groups in total. The van der Waals surface area contributed by atoms with Crippen LogP contribution in [-0.4, -0.2) is 24.5 Å². The van der Waals surface area contributed by atoms with Crippen molar-refractivity contribution in [2.24, 2.45) is 5.92 Å². The van der Waals surface area contributed by atoms with Crippen molar-refractivity contribution in [3.05, 3.63) is 42.0 Å². The molecule has 0 saturated heterocycles. The third-order valence-electron chi connectivity index (χ3n) is 3.54. The summed E-state index contributed by atoms with van der Waals surface area (Å²) in [7, 11) is 1.24. The number of aryl methyl sites for hydroxylation is 1. The van der Waals surface area contributed by atoms with Crippen LogP contribution in [0.5, 0.6) is 5.75 Å². The van der Waals surface area contributed by atoms with Gasteiger partial charge in [-0.05, 0) is 18.6 Å². The predicted octanol–water partition coefficient (Wildman–Crippen LogP) is 2.30. The Morgan fingerprint density at radius 2 is 2.21 bits per heavy atom. The van der Waals surface area contributed by atoms with E-state index < -0.39 is 17.5 Å². The first-order valence-corrected chi connectivity index (χ1v) is 6.03. The highest BCUT2D eigenvalue weighted by molar-refractivity contribution is 6.19. The molecule has 1 aliphatic heterocycles. The minimum Gasteiger partial charge on any atom is -0.466 e. The van der Waals surface area contributed by atoms with E-state index in [-0.39, 0.29) is 5.78 Å². The van der Waals surface area contributed by atoms with E-state index in [1.54, 1.807) is 19.1 Å². The largest absolute Gasteiger partial charge is 0.466 e. The molecule has 1 aromatic rings. The lowest BCUT2D eigenvalue weighted by Crippen LogP contribution is -2.53. The van der Waals surface area contributed by atoms with Gasteiger partial charge in [0.25, 0.3) is 5.60 Å². The van der Waals surface area contributed by atoms with Crippen molar-refractivity contribution >= 4 is 11.8 Å². The Hall–Kier alpha value is -2.10. The Kier molecular flexibility index (Phi) is 3.18. The quantitative estimate of drug-likeness (QED) is 0.475. The first-order chi connectivity index (χ1) is 8.98. The molecule has 1 aromatic carbocycles. The van der Waals surface area contributed by atoms with Gasteiger partial charge in [0.1, 0.15) is 5.75 Å². The fourth-order valence-electron chi connectivity index (χ4n) is 2.31. The van der Waals surface area contributed by atoms with E-state index in [1.807, 2.05) is 13.0 Å². The smallest absolute Gasteiger partial charge is 0.359 e. The number of hydrogen-bond donors (Lipinski definition) is 0. The molecule has 4 nitrogen and oxygen atoms in total. The molecular weight excluding hydrogens is 244 g/mol. The SMILES string of the molecule is C=CC(C)[C@@]1(C(=O)OC)Oc2c(C)cccc2C1=O. The highest BCUT2D eigenvalue weighted by atomic mass is 16.6. The number of ketones is 1. The minimum atomic E-state index is -1.65. The van der Waals surface area contributed by atoms with Crippen molar-refractivity contribution in [1.82, 2.24) is 0 Å². The lowest BCUT2D eigenvalue weighted by Gasteiger charge is -2.28.